The van der Waals surface area contributed by atoms with Gasteiger partial charge in [-0.3, -0.25) is 9.69 Å². The summed E-state index contributed by atoms with van der Waals surface area (Å²) in [6, 6.07) is 0.239. The van der Waals surface area contributed by atoms with E-state index in [1.807, 2.05) is 4.90 Å². The molecule has 0 aliphatic carbocycles. The Kier molecular flexibility index (Phi) is 5.98. The predicted octanol–water partition coefficient (Wildman–Crippen LogP) is 1.15. The van der Waals surface area contributed by atoms with Crippen molar-refractivity contribution in [1.29, 1.82) is 0 Å². The quantitative estimate of drug-likeness (QED) is 0.823. The van der Waals surface area contributed by atoms with Crippen LogP contribution < -0.4 is 5.73 Å². The van der Waals surface area contributed by atoms with Crippen molar-refractivity contribution in [3.8, 4) is 0 Å². The van der Waals surface area contributed by atoms with Crippen LogP contribution in [0.25, 0.3) is 0 Å². The normalized spacial score (nSPS) is 26.6. The highest BCUT2D eigenvalue weighted by molar-refractivity contribution is 8.00. The lowest BCUT2D eigenvalue weighted by Gasteiger charge is -2.37. The van der Waals surface area contributed by atoms with E-state index in [-0.39, 0.29) is 6.04 Å². The first-order valence-electron chi connectivity index (χ1n) is 7.58. The van der Waals surface area contributed by atoms with Crippen LogP contribution in [0.5, 0.6) is 0 Å². The molecule has 2 aliphatic rings. The Morgan fingerprint density at radius 3 is 2.74 bits per heavy atom. The summed E-state index contributed by atoms with van der Waals surface area (Å²) >= 11 is 2.06. The molecule has 0 aromatic rings. The molecule has 2 saturated heterocycles. The zero-order valence-corrected chi connectivity index (χ0v) is 12.8. The Morgan fingerprint density at radius 1 is 1.37 bits per heavy atom. The molecule has 2 rings (SSSR count). The van der Waals surface area contributed by atoms with Gasteiger partial charge in [-0.2, -0.15) is 11.8 Å². The van der Waals surface area contributed by atoms with Crippen molar-refractivity contribution in [2.24, 2.45) is 5.73 Å². The van der Waals surface area contributed by atoms with Crippen molar-refractivity contribution < 1.29 is 4.79 Å². The maximum atomic E-state index is 12.2. The van der Waals surface area contributed by atoms with Crippen LogP contribution in [0.2, 0.25) is 0 Å². The van der Waals surface area contributed by atoms with Gasteiger partial charge in [0.2, 0.25) is 5.91 Å². The first-order valence-corrected chi connectivity index (χ1v) is 8.63. The van der Waals surface area contributed by atoms with Crippen LogP contribution in [0.15, 0.2) is 0 Å². The van der Waals surface area contributed by atoms with Gasteiger partial charge in [-0.25, -0.2) is 0 Å². The molecule has 5 heteroatoms. The van der Waals surface area contributed by atoms with E-state index in [9.17, 15) is 4.79 Å². The van der Waals surface area contributed by atoms with E-state index in [2.05, 4.69) is 23.6 Å². The molecule has 110 valence electrons. The summed E-state index contributed by atoms with van der Waals surface area (Å²) in [6.07, 6.45) is 4.14. The molecule has 0 radical (unpaired) electrons. The second-order valence-electron chi connectivity index (χ2n) is 5.58. The smallest absolute Gasteiger partial charge is 0.224 e. The molecule has 0 aromatic carbocycles. The number of nitrogens with zero attached hydrogens (tertiary/aromatic N) is 2. The van der Waals surface area contributed by atoms with Crippen molar-refractivity contribution in [3.05, 3.63) is 0 Å². The molecule has 2 N–H and O–H groups in total. The van der Waals surface area contributed by atoms with Gasteiger partial charge in [0, 0.05) is 56.2 Å². The van der Waals surface area contributed by atoms with Crippen LogP contribution in [-0.4, -0.2) is 65.5 Å². The van der Waals surface area contributed by atoms with Crippen molar-refractivity contribution in [2.45, 2.75) is 43.9 Å². The van der Waals surface area contributed by atoms with Crippen LogP contribution in [0.4, 0.5) is 0 Å². The highest BCUT2D eigenvalue weighted by Crippen LogP contribution is 2.23. The second kappa shape index (κ2) is 7.50. The van der Waals surface area contributed by atoms with E-state index in [4.69, 9.17) is 5.73 Å². The molecular formula is C14H27N3OS. The number of hydrogen-bond acceptors (Lipinski definition) is 4. The van der Waals surface area contributed by atoms with E-state index in [1.165, 1.54) is 12.2 Å². The Hall–Kier alpha value is -0.260. The third-order valence-electron chi connectivity index (χ3n) is 4.28. The average molecular weight is 285 g/mol. The number of thioether (sulfide) groups is 1. The summed E-state index contributed by atoms with van der Waals surface area (Å²) in [7, 11) is 0. The lowest BCUT2D eigenvalue weighted by atomic mass is 10.1. The third kappa shape index (κ3) is 4.10. The van der Waals surface area contributed by atoms with Crippen molar-refractivity contribution >= 4 is 17.7 Å². The zero-order chi connectivity index (χ0) is 13.7. The van der Waals surface area contributed by atoms with Gasteiger partial charge in [-0.15, -0.1) is 0 Å². The fourth-order valence-electron chi connectivity index (χ4n) is 2.98. The first-order chi connectivity index (χ1) is 9.24. The summed E-state index contributed by atoms with van der Waals surface area (Å²) in [5.74, 6) is 1.48. The molecule has 0 aromatic heterocycles. The van der Waals surface area contributed by atoms with E-state index >= 15 is 0 Å². The zero-order valence-electron chi connectivity index (χ0n) is 12.0. The Labute approximate surface area is 121 Å². The largest absolute Gasteiger partial charge is 0.343 e. The van der Waals surface area contributed by atoms with Gasteiger partial charge in [0.05, 0.1) is 0 Å². The van der Waals surface area contributed by atoms with E-state index in [0.717, 1.165) is 39.0 Å². The first kappa shape index (κ1) is 15.1. The molecular weight excluding hydrogens is 258 g/mol. The summed E-state index contributed by atoms with van der Waals surface area (Å²) < 4.78 is 0. The minimum absolute atomic E-state index is 0.239. The molecule has 2 atom stereocenters. The van der Waals surface area contributed by atoms with Gasteiger partial charge in [-0.1, -0.05) is 6.92 Å². The molecule has 0 saturated carbocycles. The van der Waals surface area contributed by atoms with Crippen LogP contribution in [0, 0.1) is 0 Å². The highest BCUT2D eigenvalue weighted by atomic mass is 32.2. The summed E-state index contributed by atoms with van der Waals surface area (Å²) in [4.78, 5) is 16.7. The monoisotopic (exact) mass is 285 g/mol. The number of nitrogens with two attached hydrogens (primary N) is 1. The lowest BCUT2D eigenvalue weighted by Crippen LogP contribution is -2.49. The van der Waals surface area contributed by atoms with Crippen LogP contribution in [0.3, 0.4) is 0 Å². The molecule has 2 aliphatic heterocycles. The topological polar surface area (TPSA) is 49.6 Å². The molecule has 4 nitrogen and oxygen atoms in total. The fourth-order valence-corrected chi connectivity index (χ4v) is 4.19. The SMILES string of the molecule is CCC1CN(C(CN)CC(=O)N2CCCC2)CCS1. The van der Waals surface area contributed by atoms with E-state index in [0.29, 0.717) is 24.1 Å². The lowest BCUT2D eigenvalue weighted by molar-refractivity contribution is -0.131. The molecule has 19 heavy (non-hydrogen) atoms. The van der Waals surface area contributed by atoms with Crippen LogP contribution in [0.1, 0.15) is 32.6 Å². The van der Waals surface area contributed by atoms with Gasteiger partial charge in [0.15, 0.2) is 0 Å². The number of hydrogen-bond donors (Lipinski definition) is 1. The van der Waals surface area contributed by atoms with Crippen LogP contribution >= 0.6 is 11.8 Å². The standard InChI is InChI=1S/C14H27N3OS/c1-2-13-11-17(7-8-19-13)12(10-15)9-14(18)16-5-3-4-6-16/h12-13H,2-11,15H2,1H3. The maximum absolute atomic E-state index is 12.2. The fraction of sp³-hybridized carbons (Fsp3) is 0.929. The highest BCUT2D eigenvalue weighted by Gasteiger charge is 2.28. The number of carbonyl (C=O) groups excluding carboxylic acids is 1. The molecule has 0 bridgehead atoms. The van der Waals surface area contributed by atoms with E-state index in [1.54, 1.807) is 0 Å². The molecule has 0 spiro atoms. The number of likely N-dealkylation sites (tertiary alicyclic amines) is 1. The van der Waals surface area contributed by atoms with Crippen LogP contribution in [-0.2, 0) is 4.79 Å². The molecule has 1 amide bonds. The Morgan fingerprint density at radius 2 is 2.11 bits per heavy atom. The molecule has 2 heterocycles. The average Bonchev–Trinajstić information content (AvgIpc) is 2.98. The summed E-state index contributed by atoms with van der Waals surface area (Å²) in [6.45, 7) is 6.91. The van der Waals surface area contributed by atoms with Gasteiger partial charge in [-0.05, 0) is 19.3 Å². The van der Waals surface area contributed by atoms with Gasteiger partial charge < -0.3 is 10.6 Å². The van der Waals surface area contributed by atoms with Gasteiger partial charge >= 0.3 is 0 Å². The number of carbonyl (C=O) groups is 1. The molecule has 2 fully saturated rings. The van der Waals surface area contributed by atoms with Gasteiger partial charge in [0.1, 0.15) is 0 Å². The minimum Gasteiger partial charge on any atom is -0.343 e. The predicted molar refractivity (Wildman–Crippen MR) is 81.4 cm³/mol. The number of amides is 1. The second-order valence-corrected chi connectivity index (χ2v) is 6.99. The van der Waals surface area contributed by atoms with Gasteiger partial charge in [0.25, 0.3) is 0 Å². The Balaban J connectivity index is 1.86. The Bertz CT molecular complexity index is 294. The summed E-state index contributed by atoms with van der Waals surface area (Å²) in [5, 5.41) is 0.713. The summed E-state index contributed by atoms with van der Waals surface area (Å²) in [5.41, 5.74) is 5.92. The minimum atomic E-state index is 0.239. The van der Waals surface area contributed by atoms with E-state index < -0.39 is 0 Å². The van der Waals surface area contributed by atoms with Crippen molar-refractivity contribution in [2.75, 3.05) is 38.5 Å². The van der Waals surface area contributed by atoms with Crippen molar-refractivity contribution in [3.63, 3.8) is 0 Å². The van der Waals surface area contributed by atoms with Crippen molar-refractivity contribution in [1.82, 2.24) is 9.80 Å². The third-order valence-corrected chi connectivity index (χ3v) is 5.66. The maximum Gasteiger partial charge on any atom is 0.224 e. The molecule has 2 unspecified atom stereocenters. The number of rotatable bonds is 5.